The number of likely N-dealkylation sites (N-methyl/N-ethyl adjacent to an activating group) is 1. The first-order valence-electron chi connectivity index (χ1n) is 6.32. The molecule has 5 nitrogen and oxygen atoms in total. The highest BCUT2D eigenvalue weighted by molar-refractivity contribution is 9.10. The minimum atomic E-state index is -3.05. The molecule has 1 heterocycles. The van der Waals surface area contributed by atoms with Gasteiger partial charge in [0.15, 0.2) is 28.0 Å². The lowest BCUT2D eigenvalue weighted by Gasteiger charge is -2.23. The molecule has 1 aromatic carbocycles. The summed E-state index contributed by atoms with van der Waals surface area (Å²) in [6, 6.07) is 3.94. The van der Waals surface area contributed by atoms with Crippen LogP contribution in [0.1, 0.15) is 6.42 Å². The van der Waals surface area contributed by atoms with E-state index < -0.39 is 15.7 Å². The summed E-state index contributed by atoms with van der Waals surface area (Å²) in [5.74, 6) is -0.888. The summed E-state index contributed by atoms with van der Waals surface area (Å²) in [5, 5.41) is 0. The lowest BCUT2D eigenvalue weighted by atomic mass is 10.2. The van der Waals surface area contributed by atoms with E-state index in [9.17, 15) is 17.6 Å². The van der Waals surface area contributed by atoms with E-state index in [0.29, 0.717) is 10.9 Å². The topological polar surface area (TPSA) is 63.7 Å². The molecular weight excluding hydrogens is 365 g/mol. The van der Waals surface area contributed by atoms with Crippen LogP contribution in [0, 0.1) is 5.82 Å². The van der Waals surface area contributed by atoms with Crippen LogP contribution in [0.15, 0.2) is 22.7 Å². The smallest absolute Gasteiger partial charge is 0.260 e. The highest BCUT2D eigenvalue weighted by Crippen LogP contribution is 2.22. The van der Waals surface area contributed by atoms with Crippen LogP contribution in [0.5, 0.6) is 5.75 Å². The van der Waals surface area contributed by atoms with Gasteiger partial charge in [-0.25, -0.2) is 12.8 Å². The molecule has 1 atom stereocenters. The maximum atomic E-state index is 13.5. The lowest BCUT2D eigenvalue weighted by Crippen LogP contribution is -2.40. The molecule has 116 valence electrons. The van der Waals surface area contributed by atoms with Crippen LogP contribution >= 0.6 is 15.9 Å². The van der Waals surface area contributed by atoms with Gasteiger partial charge >= 0.3 is 0 Å². The molecule has 0 unspecified atom stereocenters. The fourth-order valence-electron chi connectivity index (χ4n) is 2.12. The van der Waals surface area contributed by atoms with Gasteiger partial charge in [0.1, 0.15) is 0 Å². The van der Waals surface area contributed by atoms with Gasteiger partial charge in [-0.2, -0.15) is 0 Å². The molecule has 1 aliphatic rings. The maximum absolute atomic E-state index is 13.5. The first-order valence-corrected chi connectivity index (χ1v) is 8.94. The number of ether oxygens (including phenoxy) is 1. The van der Waals surface area contributed by atoms with E-state index in [-0.39, 0.29) is 35.8 Å². The Morgan fingerprint density at radius 2 is 2.24 bits per heavy atom. The van der Waals surface area contributed by atoms with Gasteiger partial charge in [0.25, 0.3) is 5.91 Å². The van der Waals surface area contributed by atoms with Crippen molar-refractivity contribution in [1.82, 2.24) is 4.90 Å². The average molecular weight is 380 g/mol. The quantitative estimate of drug-likeness (QED) is 0.797. The van der Waals surface area contributed by atoms with Gasteiger partial charge in [0.05, 0.1) is 11.5 Å². The van der Waals surface area contributed by atoms with Gasteiger partial charge in [-0.15, -0.1) is 0 Å². The fourth-order valence-corrected chi connectivity index (χ4v) is 4.23. The Hall–Kier alpha value is -1.15. The molecule has 8 heteroatoms. The van der Waals surface area contributed by atoms with Crippen molar-refractivity contribution in [1.29, 1.82) is 0 Å². The van der Waals surface area contributed by atoms with Gasteiger partial charge in [-0.1, -0.05) is 15.9 Å². The highest BCUT2D eigenvalue weighted by Gasteiger charge is 2.32. The van der Waals surface area contributed by atoms with Gasteiger partial charge in [-0.3, -0.25) is 4.79 Å². The van der Waals surface area contributed by atoms with Gasteiger partial charge < -0.3 is 9.64 Å². The van der Waals surface area contributed by atoms with Crippen molar-refractivity contribution in [2.24, 2.45) is 0 Å². The molecule has 0 bridgehead atoms. The summed E-state index contributed by atoms with van der Waals surface area (Å²) in [5.41, 5.74) is 0. The van der Waals surface area contributed by atoms with Crippen molar-refractivity contribution in [3.05, 3.63) is 28.5 Å². The van der Waals surface area contributed by atoms with Gasteiger partial charge in [-0.05, 0) is 24.6 Å². The normalized spacial score (nSPS) is 20.2. The predicted octanol–water partition coefficient (Wildman–Crippen LogP) is 1.61. The third-order valence-electron chi connectivity index (χ3n) is 3.39. The number of halogens is 2. The summed E-state index contributed by atoms with van der Waals surface area (Å²) >= 11 is 3.13. The number of hydrogen-bond donors (Lipinski definition) is 0. The lowest BCUT2D eigenvalue weighted by molar-refractivity contribution is -0.133. The summed E-state index contributed by atoms with van der Waals surface area (Å²) in [7, 11) is -1.52. The number of rotatable bonds is 4. The zero-order chi connectivity index (χ0) is 15.6. The number of sulfone groups is 1. The second kappa shape index (κ2) is 6.31. The Kier molecular flexibility index (Phi) is 4.88. The third kappa shape index (κ3) is 4.16. The van der Waals surface area contributed by atoms with Crippen molar-refractivity contribution in [2.75, 3.05) is 25.2 Å². The van der Waals surface area contributed by atoms with Crippen molar-refractivity contribution in [2.45, 2.75) is 12.5 Å². The number of carbonyl (C=O) groups excluding carboxylic acids is 1. The van der Waals surface area contributed by atoms with Crippen molar-refractivity contribution in [3.63, 3.8) is 0 Å². The molecule has 0 saturated carbocycles. The van der Waals surface area contributed by atoms with E-state index >= 15 is 0 Å². The number of benzene rings is 1. The Labute approximate surface area is 131 Å². The molecule has 0 radical (unpaired) electrons. The molecule has 0 aromatic heterocycles. The monoisotopic (exact) mass is 379 g/mol. The van der Waals surface area contributed by atoms with Gasteiger partial charge in [0.2, 0.25) is 0 Å². The van der Waals surface area contributed by atoms with Crippen molar-refractivity contribution >= 4 is 31.7 Å². The largest absolute Gasteiger partial charge is 0.481 e. The first kappa shape index (κ1) is 16.2. The standard InChI is InChI=1S/C13H15BrFNO4S/c1-16(10-4-5-21(18,19)8-10)13(17)7-20-12-3-2-9(14)6-11(12)15/h2-3,6,10H,4-5,7-8H2,1H3/t10-/m1/s1. The predicted molar refractivity (Wildman–Crippen MR) is 79.4 cm³/mol. The Morgan fingerprint density at radius 3 is 2.81 bits per heavy atom. The zero-order valence-electron chi connectivity index (χ0n) is 11.4. The summed E-state index contributed by atoms with van der Waals surface area (Å²) in [6.07, 6.45) is 0.428. The van der Waals surface area contributed by atoms with Crippen molar-refractivity contribution in [3.8, 4) is 5.75 Å². The molecule has 21 heavy (non-hydrogen) atoms. The number of amides is 1. The molecule has 2 rings (SSSR count). The summed E-state index contributed by atoms with van der Waals surface area (Å²) < 4.78 is 42.1. The fraction of sp³-hybridized carbons (Fsp3) is 0.462. The highest BCUT2D eigenvalue weighted by atomic mass is 79.9. The number of nitrogens with zero attached hydrogens (tertiary/aromatic N) is 1. The van der Waals surface area contributed by atoms with Crippen LogP contribution in [-0.4, -0.2) is 50.4 Å². The minimum absolute atomic E-state index is 0.0148. The second-order valence-electron chi connectivity index (χ2n) is 4.92. The van der Waals surface area contributed by atoms with E-state index in [0.717, 1.165) is 0 Å². The molecule has 1 saturated heterocycles. The van der Waals surface area contributed by atoms with E-state index in [2.05, 4.69) is 15.9 Å². The minimum Gasteiger partial charge on any atom is -0.481 e. The van der Waals surface area contributed by atoms with E-state index in [1.165, 1.54) is 24.1 Å². The van der Waals surface area contributed by atoms with Crippen LogP contribution < -0.4 is 4.74 Å². The number of hydrogen-bond acceptors (Lipinski definition) is 4. The molecule has 1 aromatic rings. The van der Waals surface area contributed by atoms with E-state index in [4.69, 9.17) is 4.74 Å². The van der Waals surface area contributed by atoms with Crippen LogP contribution in [-0.2, 0) is 14.6 Å². The SMILES string of the molecule is CN(C(=O)COc1ccc(Br)cc1F)[C@@H]1CCS(=O)(=O)C1. The molecule has 1 fully saturated rings. The summed E-state index contributed by atoms with van der Waals surface area (Å²) in [4.78, 5) is 13.3. The zero-order valence-corrected chi connectivity index (χ0v) is 13.8. The Bertz CT molecular complexity index is 650. The molecule has 0 N–H and O–H groups in total. The van der Waals surface area contributed by atoms with E-state index in [1.807, 2.05) is 0 Å². The molecule has 1 amide bonds. The molecule has 1 aliphatic heterocycles. The molecular formula is C13H15BrFNO4S. The Balaban J connectivity index is 1.92. The second-order valence-corrected chi connectivity index (χ2v) is 8.07. The Morgan fingerprint density at radius 1 is 1.52 bits per heavy atom. The van der Waals surface area contributed by atoms with Crippen LogP contribution in [0.3, 0.4) is 0 Å². The summed E-state index contributed by atoms with van der Waals surface area (Å²) in [6.45, 7) is -0.328. The molecule has 0 spiro atoms. The van der Waals surface area contributed by atoms with Gasteiger partial charge in [0, 0.05) is 17.6 Å². The average Bonchev–Trinajstić information content (AvgIpc) is 2.77. The van der Waals surface area contributed by atoms with Crippen LogP contribution in [0.4, 0.5) is 4.39 Å². The van der Waals surface area contributed by atoms with Crippen LogP contribution in [0.2, 0.25) is 0 Å². The third-order valence-corrected chi connectivity index (χ3v) is 5.64. The number of carbonyl (C=O) groups is 1. The van der Waals surface area contributed by atoms with E-state index in [1.54, 1.807) is 6.07 Å². The maximum Gasteiger partial charge on any atom is 0.260 e. The molecule has 0 aliphatic carbocycles. The first-order chi connectivity index (χ1) is 9.78. The van der Waals surface area contributed by atoms with Crippen molar-refractivity contribution < 1.29 is 22.3 Å². The van der Waals surface area contributed by atoms with Crippen LogP contribution in [0.25, 0.3) is 0 Å².